The molecule has 1 heterocycles. The van der Waals surface area contributed by atoms with Gasteiger partial charge >= 0.3 is 0 Å². The fourth-order valence-electron chi connectivity index (χ4n) is 4.35. The Morgan fingerprint density at radius 2 is 1.05 bits per heavy atom. The van der Waals surface area contributed by atoms with E-state index in [9.17, 15) is 21.6 Å². The molecule has 0 spiro atoms. The van der Waals surface area contributed by atoms with Crippen molar-refractivity contribution < 1.29 is 50.1 Å². The molecule has 0 N–H and O–H groups in total. The lowest BCUT2D eigenvalue weighted by Crippen LogP contribution is -2.49. The van der Waals surface area contributed by atoms with Gasteiger partial charge in [-0.1, -0.05) is 6.07 Å². The maximum Gasteiger partial charge on any atom is 0.274 e. The molecule has 0 aromatic heterocycles. The summed E-state index contributed by atoms with van der Waals surface area (Å²) in [6, 6.07) is 10.2. The van der Waals surface area contributed by atoms with Gasteiger partial charge in [0, 0.05) is 16.0 Å². The molecule has 220 valence electrons. The fraction of sp³-hybridized carbons (Fsp3) is 0.269. The van der Waals surface area contributed by atoms with Gasteiger partial charge in [0.05, 0.1) is 64.6 Å². The van der Waals surface area contributed by atoms with Crippen molar-refractivity contribution >= 4 is 26.0 Å². The van der Waals surface area contributed by atoms with Crippen molar-refractivity contribution in [1.29, 1.82) is 0 Å². The van der Waals surface area contributed by atoms with E-state index >= 15 is 0 Å². The third-order valence-electron chi connectivity index (χ3n) is 6.31. The molecule has 0 aliphatic carbocycles. The minimum absolute atomic E-state index is 0.0273. The molecule has 3 aromatic carbocycles. The van der Waals surface area contributed by atoms with E-state index in [1.54, 1.807) is 0 Å². The van der Waals surface area contributed by atoms with Gasteiger partial charge in [0.25, 0.3) is 26.0 Å². The molecular weight excluding hydrogens is 580 g/mol. The molecule has 0 unspecified atom stereocenters. The lowest BCUT2D eigenvalue weighted by molar-refractivity contribution is 0.0585. The molecular formula is C26H28N2O11S2. The smallest absolute Gasteiger partial charge is 0.274 e. The van der Waals surface area contributed by atoms with E-state index in [-0.39, 0.29) is 43.9 Å². The number of carbonyl (C=O) groups is 1. The first-order valence-corrected chi connectivity index (χ1v) is 14.7. The van der Waals surface area contributed by atoms with Crippen LogP contribution in [0.15, 0.2) is 58.3 Å². The maximum absolute atomic E-state index is 14.2. The van der Waals surface area contributed by atoms with Gasteiger partial charge in [0.1, 0.15) is 0 Å². The van der Waals surface area contributed by atoms with Gasteiger partial charge in [-0.3, -0.25) is 4.79 Å². The Bertz CT molecular complexity index is 1620. The standard InChI is InChI=1S/C26H28N2O11S2/c1-34-19-11-8-17(13-22(19)37-4)40(30,31)28(41(32,33)18-9-12-20(35-2)23(14-18)38-5)27-15-16-7-10-21(36-3)25(39-6)24(16)26(27)29/h7-14H,15H2,1-6H3. The summed E-state index contributed by atoms with van der Waals surface area (Å²) >= 11 is 0. The van der Waals surface area contributed by atoms with Crippen molar-refractivity contribution in [3.63, 3.8) is 0 Å². The number of sulfonamides is 2. The molecule has 3 aromatic rings. The summed E-state index contributed by atoms with van der Waals surface area (Å²) in [5.74, 6) is -0.227. The second kappa shape index (κ2) is 11.3. The zero-order valence-electron chi connectivity index (χ0n) is 23.0. The molecule has 0 radical (unpaired) electrons. The van der Waals surface area contributed by atoms with Crippen LogP contribution in [-0.2, 0) is 26.6 Å². The van der Waals surface area contributed by atoms with Crippen molar-refractivity contribution in [2.45, 2.75) is 16.3 Å². The van der Waals surface area contributed by atoms with Crippen LogP contribution >= 0.6 is 0 Å². The first-order valence-electron chi connectivity index (χ1n) is 11.8. The Morgan fingerprint density at radius 3 is 1.46 bits per heavy atom. The number of methoxy groups -OCH3 is 6. The zero-order chi connectivity index (χ0) is 30.1. The Balaban J connectivity index is 1.97. The van der Waals surface area contributed by atoms with Crippen molar-refractivity contribution in [2.75, 3.05) is 42.7 Å². The lowest BCUT2D eigenvalue weighted by atomic mass is 10.1. The first kappa shape index (κ1) is 29.8. The predicted octanol–water partition coefficient (Wildman–Crippen LogP) is 2.69. The number of amides is 1. The molecule has 4 rings (SSSR count). The average Bonchev–Trinajstić information content (AvgIpc) is 3.30. The van der Waals surface area contributed by atoms with Gasteiger partial charge < -0.3 is 28.4 Å². The molecule has 0 bridgehead atoms. The van der Waals surface area contributed by atoms with Crippen LogP contribution in [0.4, 0.5) is 0 Å². The summed E-state index contributed by atoms with van der Waals surface area (Å²) in [7, 11) is -1.99. The zero-order valence-corrected chi connectivity index (χ0v) is 24.7. The normalized spacial score (nSPS) is 13.1. The van der Waals surface area contributed by atoms with E-state index in [1.165, 1.54) is 66.9 Å². The Hall–Kier alpha value is -4.21. The summed E-state index contributed by atoms with van der Waals surface area (Å²) in [5, 5.41) is 0.616. The van der Waals surface area contributed by atoms with Gasteiger partial charge in [0.15, 0.2) is 34.5 Å². The minimum atomic E-state index is -5.00. The van der Waals surface area contributed by atoms with Gasteiger partial charge in [-0.2, -0.15) is 0 Å². The predicted molar refractivity (Wildman–Crippen MR) is 145 cm³/mol. The first-order chi connectivity index (χ1) is 19.5. The van der Waals surface area contributed by atoms with Crippen LogP contribution in [0.5, 0.6) is 34.5 Å². The van der Waals surface area contributed by atoms with Gasteiger partial charge in [-0.15, -0.1) is 0 Å². The molecule has 0 saturated heterocycles. The van der Waals surface area contributed by atoms with E-state index in [1.807, 2.05) is 0 Å². The summed E-state index contributed by atoms with van der Waals surface area (Å²) in [6.45, 7) is -0.409. The van der Waals surface area contributed by atoms with Crippen molar-refractivity contribution in [1.82, 2.24) is 8.83 Å². The van der Waals surface area contributed by atoms with Crippen molar-refractivity contribution in [3.8, 4) is 34.5 Å². The number of rotatable bonds is 11. The minimum Gasteiger partial charge on any atom is -0.493 e. The van der Waals surface area contributed by atoms with Crippen LogP contribution in [0.1, 0.15) is 15.9 Å². The van der Waals surface area contributed by atoms with Crippen LogP contribution in [0.2, 0.25) is 0 Å². The molecule has 0 atom stereocenters. The lowest BCUT2D eigenvalue weighted by Gasteiger charge is -2.30. The SMILES string of the molecule is COc1ccc(S(=O)(=O)N(N2Cc3ccc(OC)c(OC)c3C2=O)S(=O)(=O)c2ccc(OC)c(OC)c2)cc1OC. The number of hydrogen-bond donors (Lipinski definition) is 0. The highest BCUT2D eigenvalue weighted by Crippen LogP contribution is 2.42. The second-order valence-corrected chi connectivity index (χ2v) is 12.2. The Labute approximate surface area is 237 Å². The van der Waals surface area contributed by atoms with E-state index in [4.69, 9.17) is 28.4 Å². The van der Waals surface area contributed by atoms with Crippen LogP contribution in [0.3, 0.4) is 0 Å². The number of fused-ring (bicyclic) bond motifs is 1. The summed E-state index contributed by atoms with van der Waals surface area (Å²) in [5.41, 5.74) is 0.282. The van der Waals surface area contributed by atoms with Gasteiger partial charge in [-0.05, 0) is 35.9 Å². The second-order valence-electron chi connectivity index (χ2n) is 8.42. The number of hydrogen-bond acceptors (Lipinski definition) is 11. The molecule has 41 heavy (non-hydrogen) atoms. The molecule has 13 nitrogen and oxygen atoms in total. The van der Waals surface area contributed by atoms with Crippen LogP contribution in [0.25, 0.3) is 0 Å². The summed E-state index contributed by atoms with van der Waals surface area (Å²) in [6.07, 6.45) is 0. The molecule has 15 heteroatoms. The van der Waals surface area contributed by atoms with Gasteiger partial charge in [0.2, 0.25) is 0 Å². The maximum atomic E-state index is 14.2. The number of benzene rings is 3. The monoisotopic (exact) mass is 608 g/mol. The van der Waals surface area contributed by atoms with Crippen LogP contribution < -0.4 is 28.4 Å². The highest BCUT2D eigenvalue weighted by Gasteiger charge is 2.48. The quantitative estimate of drug-likeness (QED) is 0.316. The topological polar surface area (TPSA) is 147 Å². The third kappa shape index (κ3) is 4.96. The third-order valence-corrected chi connectivity index (χ3v) is 10.4. The van der Waals surface area contributed by atoms with E-state index in [2.05, 4.69) is 0 Å². The number of carbonyl (C=O) groups excluding carboxylic acids is 1. The van der Waals surface area contributed by atoms with E-state index in [0.717, 1.165) is 24.3 Å². The van der Waals surface area contributed by atoms with Gasteiger partial charge in [-0.25, -0.2) is 21.8 Å². The van der Waals surface area contributed by atoms with Crippen LogP contribution in [0, 0.1) is 0 Å². The fourth-order valence-corrected chi connectivity index (χ4v) is 8.04. The molecule has 1 amide bonds. The van der Waals surface area contributed by atoms with Crippen LogP contribution in [-0.4, -0.2) is 74.2 Å². The van der Waals surface area contributed by atoms with Crippen molar-refractivity contribution in [2.24, 2.45) is 0 Å². The number of nitrogens with zero attached hydrogens (tertiary/aromatic N) is 2. The highest BCUT2D eigenvalue weighted by atomic mass is 32.3. The average molecular weight is 609 g/mol. The van der Waals surface area contributed by atoms with Crippen molar-refractivity contribution in [3.05, 3.63) is 59.7 Å². The highest BCUT2D eigenvalue weighted by molar-refractivity contribution is 8.04. The summed E-state index contributed by atoms with van der Waals surface area (Å²) in [4.78, 5) is 12.9. The van der Waals surface area contributed by atoms with E-state index < -0.39 is 42.3 Å². The number of ether oxygens (including phenoxy) is 6. The Morgan fingerprint density at radius 1 is 0.610 bits per heavy atom. The van der Waals surface area contributed by atoms with E-state index in [0.29, 0.717) is 10.6 Å². The molecule has 0 fully saturated rings. The molecule has 1 aliphatic rings. The summed E-state index contributed by atoms with van der Waals surface area (Å²) < 4.78 is 88.4. The Kier molecular flexibility index (Phi) is 8.24. The largest absolute Gasteiger partial charge is 0.493 e. The number of hydrazine groups is 1. The molecule has 1 aliphatic heterocycles. The molecule has 0 saturated carbocycles.